The Morgan fingerprint density at radius 2 is 1.70 bits per heavy atom. The monoisotopic (exact) mass is 551 g/mol. The SMILES string of the molecule is CC(=O)O[C@]1(C(C)=O)CC[C@H]2[C@@H]3C[C@H](C)C4=CC(=O)CC[C@]4(C)[C@H]3CC[C@@]21C.NC(Cc1ccccc1)C(=O)O. The largest absolute Gasteiger partial charge is 0.480 e. The van der Waals surface area contributed by atoms with Crippen LogP contribution in [-0.2, 0) is 30.3 Å². The lowest BCUT2D eigenvalue weighted by Crippen LogP contribution is -2.59. The van der Waals surface area contributed by atoms with Gasteiger partial charge in [0.2, 0.25) is 0 Å². The Kier molecular flexibility index (Phi) is 8.47. The van der Waals surface area contributed by atoms with Crippen LogP contribution in [-0.4, -0.2) is 40.3 Å². The van der Waals surface area contributed by atoms with Gasteiger partial charge in [-0.3, -0.25) is 19.2 Å². The zero-order valence-corrected chi connectivity index (χ0v) is 24.6. The first-order chi connectivity index (χ1) is 18.7. The molecule has 0 radical (unpaired) electrons. The summed E-state index contributed by atoms with van der Waals surface area (Å²) in [6, 6.07) is 8.54. The molecule has 3 N–H and O–H groups in total. The van der Waals surface area contributed by atoms with Crippen LogP contribution in [0.5, 0.6) is 0 Å². The van der Waals surface area contributed by atoms with E-state index in [4.69, 9.17) is 15.6 Å². The second-order valence-corrected chi connectivity index (χ2v) is 13.1. The van der Waals surface area contributed by atoms with Crippen LogP contribution >= 0.6 is 0 Å². The molecule has 3 saturated carbocycles. The van der Waals surface area contributed by atoms with Crippen molar-refractivity contribution < 1.29 is 29.0 Å². The van der Waals surface area contributed by atoms with E-state index >= 15 is 0 Å². The maximum absolute atomic E-state index is 12.8. The van der Waals surface area contributed by atoms with Crippen molar-refractivity contribution in [2.24, 2.45) is 40.2 Å². The summed E-state index contributed by atoms with van der Waals surface area (Å²) in [5.74, 6) is 0.863. The van der Waals surface area contributed by atoms with Gasteiger partial charge in [-0.1, -0.05) is 56.7 Å². The van der Waals surface area contributed by atoms with Crippen LogP contribution in [0.4, 0.5) is 0 Å². The maximum atomic E-state index is 12.8. The zero-order chi connectivity index (χ0) is 29.5. The second-order valence-electron chi connectivity index (χ2n) is 13.1. The summed E-state index contributed by atoms with van der Waals surface area (Å²) in [5.41, 5.74) is 6.52. The number of carboxylic acid groups (broad SMARTS) is 1. The number of rotatable bonds is 5. The van der Waals surface area contributed by atoms with Crippen molar-refractivity contribution in [2.75, 3.05) is 0 Å². The first-order valence-electron chi connectivity index (χ1n) is 14.7. The number of Topliss-reactive ketones (excluding diaryl/α,β-unsaturated/α-hetero) is 1. The predicted molar refractivity (Wildman–Crippen MR) is 152 cm³/mol. The first-order valence-corrected chi connectivity index (χ1v) is 14.7. The number of benzene rings is 1. The van der Waals surface area contributed by atoms with Crippen LogP contribution in [0.25, 0.3) is 0 Å². The molecule has 0 saturated heterocycles. The summed E-state index contributed by atoms with van der Waals surface area (Å²) in [5, 5.41) is 8.52. The average molecular weight is 552 g/mol. The molecular formula is C33H45NO6. The third kappa shape index (κ3) is 5.17. The highest BCUT2D eigenvalue weighted by Crippen LogP contribution is 2.69. The lowest BCUT2D eigenvalue weighted by atomic mass is 9.44. The molecule has 4 aliphatic rings. The fraction of sp³-hybridized carbons (Fsp3) is 0.636. The number of carboxylic acids is 1. The molecule has 218 valence electrons. The van der Waals surface area contributed by atoms with Crippen molar-refractivity contribution in [2.45, 2.75) is 97.6 Å². The van der Waals surface area contributed by atoms with Crippen molar-refractivity contribution in [1.29, 1.82) is 0 Å². The minimum atomic E-state index is -0.961. The minimum absolute atomic E-state index is 0.00469. The predicted octanol–water partition coefficient (Wildman–Crippen LogP) is 5.30. The van der Waals surface area contributed by atoms with Gasteiger partial charge in [-0.25, -0.2) is 0 Å². The van der Waals surface area contributed by atoms with Gasteiger partial charge >= 0.3 is 11.9 Å². The third-order valence-electron chi connectivity index (χ3n) is 10.9. The van der Waals surface area contributed by atoms with Crippen molar-refractivity contribution >= 4 is 23.5 Å². The molecule has 0 amide bonds. The van der Waals surface area contributed by atoms with Gasteiger partial charge in [0, 0.05) is 18.8 Å². The van der Waals surface area contributed by atoms with Crippen molar-refractivity contribution in [3.63, 3.8) is 0 Å². The Hall–Kier alpha value is -2.80. The molecule has 1 unspecified atom stereocenters. The quantitative estimate of drug-likeness (QED) is 0.476. The molecule has 7 nitrogen and oxygen atoms in total. The van der Waals surface area contributed by atoms with E-state index in [0.29, 0.717) is 42.9 Å². The highest BCUT2D eigenvalue weighted by atomic mass is 16.6. The minimum Gasteiger partial charge on any atom is -0.480 e. The number of ketones is 2. The Labute approximate surface area is 237 Å². The van der Waals surface area contributed by atoms with Crippen LogP contribution in [0.1, 0.15) is 85.1 Å². The van der Waals surface area contributed by atoms with Gasteiger partial charge in [0.1, 0.15) is 6.04 Å². The van der Waals surface area contributed by atoms with E-state index in [-0.39, 0.29) is 28.4 Å². The normalized spacial score (nSPS) is 37.0. The summed E-state index contributed by atoms with van der Waals surface area (Å²) in [6.45, 7) is 9.87. The molecule has 0 aromatic heterocycles. The summed E-state index contributed by atoms with van der Waals surface area (Å²) in [6.07, 6.45) is 8.58. The Morgan fingerprint density at radius 3 is 2.30 bits per heavy atom. The molecule has 0 aliphatic heterocycles. The van der Waals surface area contributed by atoms with Gasteiger partial charge in [-0.05, 0) is 92.6 Å². The van der Waals surface area contributed by atoms with E-state index in [1.54, 1.807) is 6.92 Å². The summed E-state index contributed by atoms with van der Waals surface area (Å²) in [4.78, 5) is 47.2. The molecule has 1 aromatic rings. The molecule has 40 heavy (non-hydrogen) atoms. The summed E-state index contributed by atoms with van der Waals surface area (Å²) >= 11 is 0. The number of nitrogens with two attached hydrogens (primary N) is 1. The van der Waals surface area contributed by atoms with E-state index in [1.807, 2.05) is 36.4 Å². The second kappa shape index (κ2) is 11.2. The van der Waals surface area contributed by atoms with Crippen LogP contribution < -0.4 is 5.73 Å². The lowest BCUT2D eigenvalue weighted by Gasteiger charge is -2.60. The van der Waals surface area contributed by atoms with Gasteiger partial charge in [-0.15, -0.1) is 0 Å². The number of carbonyl (C=O) groups is 4. The molecule has 4 aliphatic carbocycles. The zero-order valence-electron chi connectivity index (χ0n) is 24.6. The standard InChI is InChI=1S/C24H34O4.C9H11NO2/c1-14-12-18-19(22(4)9-6-17(27)13-21(14)22)7-10-23(5)20(18)8-11-24(23,15(2)25)28-16(3)26;10-8(9(11)12)6-7-4-2-1-3-5-7/h13-14,18-20H,6-12H2,1-5H3;1-5,8H,6,10H2,(H,11,12)/t14-,18+,19-,20-,22+,23-,24-;/m0./s1. The molecule has 0 heterocycles. The van der Waals surface area contributed by atoms with Gasteiger partial charge in [0.15, 0.2) is 17.2 Å². The smallest absolute Gasteiger partial charge is 0.320 e. The van der Waals surface area contributed by atoms with E-state index in [0.717, 1.165) is 37.7 Å². The third-order valence-corrected chi connectivity index (χ3v) is 10.9. The number of hydrogen-bond donors (Lipinski definition) is 2. The number of carbonyl (C=O) groups excluding carboxylic acids is 3. The fourth-order valence-corrected chi connectivity index (χ4v) is 9.00. The molecule has 1 aromatic carbocycles. The van der Waals surface area contributed by atoms with Crippen LogP contribution in [0, 0.1) is 34.5 Å². The maximum Gasteiger partial charge on any atom is 0.320 e. The van der Waals surface area contributed by atoms with Gasteiger partial charge in [-0.2, -0.15) is 0 Å². The first kappa shape index (κ1) is 30.2. The van der Waals surface area contributed by atoms with Gasteiger partial charge < -0.3 is 15.6 Å². The molecule has 7 heteroatoms. The van der Waals surface area contributed by atoms with Crippen LogP contribution in [0.2, 0.25) is 0 Å². The molecule has 8 atom stereocenters. The number of ether oxygens (including phenoxy) is 1. The number of fused-ring (bicyclic) bond motifs is 5. The van der Waals surface area contributed by atoms with E-state index in [1.165, 1.54) is 12.5 Å². The van der Waals surface area contributed by atoms with Gasteiger partial charge in [0.25, 0.3) is 0 Å². The summed E-state index contributed by atoms with van der Waals surface area (Å²) < 4.78 is 5.84. The van der Waals surface area contributed by atoms with Crippen molar-refractivity contribution in [1.82, 2.24) is 0 Å². The highest BCUT2D eigenvalue weighted by molar-refractivity contribution is 5.92. The fourth-order valence-electron chi connectivity index (χ4n) is 9.00. The molecule has 3 fully saturated rings. The Morgan fingerprint density at radius 1 is 1.05 bits per heavy atom. The topological polar surface area (TPSA) is 124 Å². The number of allylic oxidation sites excluding steroid dienone is 1. The van der Waals surface area contributed by atoms with Crippen LogP contribution in [0.3, 0.4) is 0 Å². The van der Waals surface area contributed by atoms with E-state index < -0.39 is 17.6 Å². The molecule has 0 spiro atoms. The molecule has 5 rings (SSSR count). The Bertz CT molecular complexity index is 1190. The number of aliphatic carboxylic acids is 1. The molecular weight excluding hydrogens is 506 g/mol. The van der Waals surface area contributed by atoms with Crippen molar-refractivity contribution in [3.05, 3.63) is 47.5 Å². The Balaban J connectivity index is 0.000000259. The number of hydrogen-bond acceptors (Lipinski definition) is 6. The van der Waals surface area contributed by atoms with Crippen molar-refractivity contribution in [3.8, 4) is 0 Å². The van der Waals surface area contributed by atoms with Gasteiger partial charge in [0.05, 0.1) is 0 Å². The lowest BCUT2D eigenvalue weighted by molar-refractivity contribution is -0.187. The molecule has 0 bridgehead atoms. The van der Waals surface area contributed by atoms with E-state index in [2.05, 4.69) is 20.8 Å². The van der Waals surface area contributed by atoms with E-state index in [9.17, 15) is 19.2 Å². The number of esters is 1. The summed E-state index contributed by atoms with van der Waals surface area (Å²) in [7, 11) is 0. The average Bonchev–Trinajstić information content (AvgIpc) is 3.19. The highest BCUT2D eigenvalue weighted by Gasteiger charge is 2.68. The van der Waals surface area contributed by atoms with Crippen LogP contribution in [0.15, 0.2) is 42.0 Å².